The maximum atomic E-state index is 11.4. The lowest BCUT2D eigenvalue weighted by molar-refractivity contribution is -0.134. The van der Waals surface area contributed by atoms with Crippen molar-refractivity contribution in [3.8, 4) is 0 Å². The normalized spacial score (nSPS) is 16.9. The summed E-state index contributed by atoms with van der Waals surface area (Å²) in [6.45, 7) is 0. The Morgan fingerprint density at radius 1 is 1.38 bits per heavy atom. The molecule has 13 heavy (non-hydrogen) atoms. The highest BCUT2D eigenvalue weighted by molar-refractivity contribution is 6.17. The second kappa shape index (κ2) is 3.60. The number of Topliss-reactive ketones (excluding diaryl/α,β-unsaturated/α-hetero) is 1. The Labute approximate surface area is 76.8 Å². The van der Waals surface area contributed by atoms with Crippen LogP contribution in [0.1, 0.15) is 12.8 Å². The van der Waals surface area contributed by atoms with Crippen molar-refractivity contribution in [2.45, 2.75) is 12.8 Å². The van der Waals surface area contributed by atoms with Crippen molar-refractivity contribution in [2.75, 3.05) is 14.1 Å². The molecule has 0 radical (unpaired) electrons. The third kappa shape index (κ3) is 2.57. The van der Waals surface area contributed by atoms with E-state index in [1.807, 2.05) is 0 Å². The molecule has 0 aromatic heterocycles. The summed E-state index contributed by atoms with van der Waals surface area (Å²) in [4.78, 5) is 23.7. The van der Waals surface area contributed by atoms with E-state index in [9.17, 15) is 9.59 Å². The number of carboxylic acids is 1. The molecule has 0 aromatic rings. The van der Waals surface area contributed by atoms with Crippen LogP contribution in [0.3, 0.4) is 0 Å². The Kier molecular flexibility index (Phi) is 2.70. The summed E-state index contributed by atoms with van der Waals surface area (Å²) >= 11 is 0. The van der Waals surface area contributed by atoms with Gasteiger partial charge in [0.05, 0.1) is 0 Å². The van der Waals surface area contributed by atoms with Crippen molar-refractivity contribution in [3.05, 3.63) is 11.8 Å². The molecule has 1 fully saturated rings. The maximum Gasteiger partial charge on any atom is 0.340 e. The first-order valence-corrected chi connectivity index (χ1v) is 4.18. The van der Waals surface area contributed by atoms with Crippen molar-refractivity contribution >= 4 is 11.8 Å². The molecule has 1 rings (SSSR count). The van der Waals surface area contributed by atoms with Crippen LogP contribution in [-0.4, -0.2) is 35.9 Å². The van der Waals surface area contributed by atoms with E-state index in [-0.39, 0.29) is 17.3 Å². The van der Waals surface area contributed by atoms with E-state index in [1.165, 1.54) is 6.20 Å². The van der Waals surface area contributed by atoms with Crippen molar-refractivity contribution in [3.63, 3.8) is 0 Å². The molecule has 1 saturated carbocycles. The minimum atomic E-state index is -1.13. The van der Waals surface area contributed by atoms with E-state index in [2.05, 4.69) is 0 Å². The number of nitrogens with zero attached hydrogens (tertiary/aromatic N) is 1. The Bertz CT molecular complexity index is 264. The van der Waals surface area contributed by atoms with Gasteiger partial charge in [0.25, 0.3) is 0 Å². The largest absolute Gasteiger partial charge is 0.478 e. The number of aliphatic carboxylic acids is 1. The molecule has 0 saturated heterocycles. The quantitative estimate of drug-likeness (QED) is 0.391. The van der Waals surface area contributed by atoms with Gasteiger partial charge in [-0.25, -0.2) is 4.79 Å². The first-order valence-electron chi connectivity index (χ1n) is 4.18. The van der Waals surface area contributed by atoms with Crippen LogP contribution in [0.2, 0.25) is 0 Å². The molecule has 4 nitrogen and oxygen atoms in total. The molecule has 72 valence electrons. The Balaban J connectivity index is 2.77. The second-order valence-corrected chi connectivity index (χ2v) is 3.45. The lowest BCUT2D eigenvalue weighted by atomic mass is 10.1. The lowest BCUT2D eigenvalue weighted by Crippen LogP contribution is -2.17. The second-order valence-electron chi connectivity index (χ2n) is 3.45. The molecule has 0 amide bonds. The summed E-state index contributed by atoms with van der Waals surface area (Å²) in [6.07, 6.45) is 3.02. The van der Waals surface area contributed by atoms with Crippen LogP contribution in [0.4, 0.5) is 0 Å². The van der Waals surface area contributed by atoms with Crippen LogP contribution in [0.15, 0.2) is 11.8 Å². The monoisotopic (exact) mass is 183 g/mol. The zero-order valence-corrected chi connectivity index (χ0v) is 7.78. The predicted octanol–water partition coefficient (Wildman–Crippen LogP) is 0.496. The number of rotatable bonds is 4. The van der Waals surface area contributed by atoms with Gasteiger partial charge in [-0.15, -0.1) is 0 Å². The van der Waals surface area contributed by atoms with Crippen molar-refractivity contribution in [1.29, 1.82) is 0 Å². The van der Waals surface area contributed by atoms with Gasteiger partial charge in [0, 0.05) is 26.2 Å². The van der Waals surface area contributed by atoms with Crippen LogP contribution < -0.4 is 0 Å². The zero-order chi connectivity index (χ0) is 10.0. The maximum absolute atomic E-state index is 11.4. The fraction of sp³-hybridized carbons (Fsp3) is 0.556. The van der Waals surface area contributed by atoms with Gasteiger partial charge in [-0.05, 0) is 12.8 Å². The molecular formula is C9H13NO3. The SMILES string of the molecule is CN(C)/C=C(\C(=O)O)C(=O)C1CC1. The highest BCUT2D eigenvalue weighted by Crippen LogP contribution is 2.32. The first-order chi connectivity index (χ1) is 6.02. The molecule has 0 heterocycles. The minimum Gasteiger partial charge on any atom is -0.478 e. The highest BCUT2D eigenvalue weighted by Gasteiger charge is 2.34. The number of ketones is 1. The van der Waals surface area contributed by atoms with Gasteiger partial charge >= 0.3 is 5.97 Å². The Morgan fingerprint density at radius 3 is 2.23 bits per heavy atom. The summed E-state index contributed by atoms with van der Waals surface area (Å²) in [5, 5.41) is 8.75. The molecule has 0 unspecified atom stereocenters. The van der Waals surface area contributed by atoms with Crippen molar-refractivity contribution in [2.24, 2.45) is 5.92 Å². The Morgan fingerprint density at radius 2 is 1.92 bits per heavy atom. The molecule has 1 N–H and O–H groups in total. The molecule has 0 bridgehead atoms. The summed E-state index contributed by atoms with van der Waals surface area (Å²) in [7, 11) is 3.40. The van der Waals surface area contributed by atoms with Gasteiger partial charge in [-0.3, -0.25) is 4.79 Å². The van der Waals surface area contributed by atoms with E-state index in [0.717, 1.165) is 12.8 Å². The van der Waals surface area contributed by atoms with Gasteiger partial charge in [0.1, 0.15) is 5.57 Å². The third-order valence-electron chi connectivity index (χ3n) is 1.83. The molecule has 0 aliphatic heterocycles. The van der Waals surface area contributed by atoms with E-state index in [4.69, 9.17) is 5.11 Å². The van der Waals surface area contributed by atoms with E-state index < -0.39 is 5.97 Å². The number of carboxylic acid groups (broad SMARTS) is 1. The molecular weight excluding hydrogens is 170 g/mol. The molecule has 1 aliphatic carbocycles. The summed E-state index contributed by atoms with van der Waals surface area (Å²) in [6, 6.07) is 0. The fourth-order valence-electron chi connectivity index (χ4n) is 1.05. The molecule has 4 heteroatoms. The van der Waals surface area contributed by atoms with Crippen LogP contribution >= 0.6 is 0 Å². The van der Waals surface area contributed by atoms with E-state index in [0.29, 0.717) is 0 Å². The summed E-state index contributed by atoms with van der Waals surface area (Å²) in [5.41, 5.74) is -0.104. The molecule has 0 spiro atoms. The zero-order valence-electron chi connectivity index (χ0n) is 7.78. The van der Waals surface area contributed by atoms with Gasteiger partial charge in [0.2, 0.25) is 0 Å². The van der Waals surface area contributed by atoms with Crippen LogP contribution in [0, 0.1) is 5.92 Å². The lowest BCUT2D eigenvalue weighted by Gasteiger charge is -2.07. The number of carbonyl (C=O) groups excluding carboxylic acids is 1. The topological polar surface area (TPSA) is 57.6 Å². The van der Waals surface area contributed by atoms with Crippen molar-refractivity contribution < 1.29 is 14.7 Å². The summed E-state index contributed by atoms with van der Waals surface area (Å²) < 4.78 is 0. The van der Waals surface area contributed by atoms with Gasteiger partial charge in [0.15, 0.2) is 5.78 Å². The molecule has 0 atom stereocenters. The van der Waals surface area contributed by atoms with Gasteiger partial charge in [-0.1, -0.05) is 0 Å². The third-order valence-corrected chi connectivity index (χ3v) is 1.83. The highest BCUT2D eigenvalue weighted by atomic mass is 16.4. The minimum absolute atomic E-state index is 0.0395. The standard InChI is InChI=1S/C9H13NO3/c1-10(2)5-7(9(12)13)8(11)6-3-4-6/h5-6H,3-4H2,1-2H3,(H,12,13)/b7-5-. The number of hydrogen-bond donors (Lipinski definition) is 1. The number of hydrogen-bond acceptors (Lipinski definition) is 3. The number of carbonyl (C=O) groups is 2. The van der Waals surface area contributed by atoms with E-state index >= 15 is 0 Å². The molecule has 1 aliphatic rings. The molecule has 0 aromatic carbocycles. The first kappa shape index (κ1) is 9.77. The van der Waals surface area contributed by atoms with Gasteiger partial charge < -0.3 is 10.0 Å². The fourth-order valence-corrected chi connectivity index (χ4v) is 1.05. The average Bonchev–Trinajstić information content (AvgIpc) is 2.80. The van der Waals surface area contributed by atoms with E-state index in [1.54, 1.807) is 19.0 Å². The predicted molar refractivity (Wildman–Crippen MR) is 47.1 cm³/mol. The Hall–Kier alpha value is -1.32. The smallest absolute Gasteiger partial charge is 0.340 e. The van der Waals surface area contributed by atoms with Crippen LogP contribution in [0.25, 0.3) is 0 Å². The van der Waals surface area contributed by atoms with Crippen molar-refractivity contribution in [1.82, 2.24) is 4.90 Å². The van der Waals surface area contributed by atoms with Crippen LogP contribution in [0.5, 0.6) is 0 Å². The average molecular weight is 183 g/mol. The van der Waals surface area contributed by atoms with Gasteiger partial charge in [-0.2, -0.15) is 0 Å². The summed E-state index contributed by atoms with van der Waals surface area (Å²) in [5.74, 6) is -1.41. The van der Waals surface area contributed by atoms with Crippen LogP contribution in [-0.2, 0) is 9.59 Å².